The van der Waals surface area contributed by atoms with Gasteiger partial charge in [0.05, 0.1) is 6.10 Å². The predicted molar refractivity (Wildman–Crippen MR) is 107 cm³/mol. The van der Waals surface area contributed by atoms with Crippen LogP contribution in [0.1, 0.15) is 36.1 Å². The molecule has 5 nitrogen and oxygen atoms in total. The lowest BCUT2D eigenvalue weighted by Gasteiger charge is -2.47. The van der Waals surface area contributed by atoms with E-state index in [1.165, 1.54) is 12.7 Å². The fourth-order valence-electron chi connectivity index (χ4n) is 3.67. The third kappa shape index (κ3) is 3.83. The van der Waals surface area contributed by atoms with Crippen molar-refractivity contribution in [1.82, 2.24) is 0 Å². The lowest BCUT2D eigenvalue weighted by Crippen LogP contribution is -2.62. The minimum Gasteiger partial charge on any atom is -0.388 e. The normalized spacial score (nSPS) is 30.4. The number of rotatable bonds is 5. The first kappa shape index (κ1) is 21.2. The van der Waals surface area contributed by atoms with Crippen LogP contribution in [0.2, 0.25) is 5.02 Å². The summed E-state index contributed by atoms with van der Waals surface area (Å²) in [4.78, 5) is 0. The van der Waals surface area contributed by atoms with Gasteiger partial charge in [0.15, 0.2) is 0 Å². The third-order valence-corrected chi connectivity index (χ3v) is 5.85. The molecule has 1 fully saturated rings. The number of benzene rings is 2. The second-order valence-electron chi connectivity index (χ2n) is 7.27. The Morgan fingerprint density at radius 1 is 1.04 bits per heavy atom. The summed E-state index contributed by atoms with van der Waals surface area (Å²) in [6, 6.07) is 13.6. The molecule has 0 aromatic heterocycles. The van der Waals surface area contributed by atoms with E-state index in [1.807, 2.05) is 6.07 Å². The van der Waals surface area contributed by atoms with Crippen molar-refractivity contribution < 1.29 is 24.8 Å². The van der Waals surface area contributed by atoms with E-state index in [2.05, 4.69) is 31.2 Å². The van der Waals surface area contributed by atoms with Crippen LogP contribution in [-0.4, -0.2) is 46.8 Å². The Kier molecular flexibility index (Phi) is 6.44. The molecular weight excluding hydrogens is 380 g/mol. The summed E-state index contributed by atoms with van der Waals surface area (Å²) in [5.41, 5.74) is 3.76. The molecule has 0 radical (unpaired) electrons. The van der Waals surface area contributed by atoms with Crippen LogP contribution in [0.3, 0.4) is 0 Å². The van der Waals surface area contributed by atoms with Crippen molar-refractivity contribution in [2.45, 2.75) is 56.9 Å². The topological polar surface area (TPSA) is 79.2 Å². The molecule has 28 heavy (non-hydrogen) atoms. The zero-order valence-corrected chi connectivity index (χ0v) is 17.1. The predicted octanol–water partition coefficient (Wildman–Crippen LogP) is 2.79. The molecule has 3 N–H and O–H groups in total. The Morgan fingerprint density at radius 3 is 2.29 bits per heavy atom. The minimum absolute atomic E-state index is 0.532. The van der Waals surface area contributed by atoms with Gasteiger partial charge in [0.25, 0.3) is 0 Å². The van der Waals surface area contributed by atoms with Gasteiger partial charge >= 0.3 is 0 Å². The molecule has 2 aromatic rings. The zero-order chi connectivity index (χ0) is 20.5. The Hall–Kier alpha value is -1.47. The summed E-state index contributed by atoms with van der Waals surface area (Å²) in [6.45, 7) is 3.74. The van der Waals surface area contributed by atoms with Gasteiger partial charge in [-0.05, 0) is 48.6 Å². The van der Waals surface area contributed by atoms with Crippen molar-refractivity contribution in [3.8, 4) is 0 Å². The van der Waals surface area contributed by atoms with Gasteiger partial charge in [0, 0.05) is 17.7 Å². The smallest absolute Gasteiger partial charge is 0.224 e. The van der Waals surface area contributed by atoms with Gasteiger partial charge < -0.3 is 24.8 Å². The van der Waals surface area contributed by atoms with Crippen LogP contribution in [0.5, 0.6) is 0 Å². The Morgan fingerprint density at radius 2 is 1.68 bits per heavy atom. The molecule has 0 bridgehead atoms. The zero-order valence-electron chi connectivity index (χ0n) is 16.3. The molecule has 0 unspecified atom stereocenters. The summed E-state index contributed by atoms with van der Waals surface area (Å²) in [5.74, 6) is -1.59. The molecule has 0 spiro atoms. The first-order chi connectivity index (χ1) is 13.3. The molecule has 0 amide bonds. The molecule has 2 aromatic carbocycles. The molecule has 0 saturated carbocycles. The lowest BCUT2D eigenvalue weighted by atomic mass is 9.87. The van der Waals surface area contributed by atoms with E-state index >= 15 is 0 Å². The van der Waals surface area contributed by atoms with Crippen LogP contribution in [0.15, 0.2) is 42.5 Å². The van der Waals surface area contributed by atoms with E-state index in [4.69, 9.17) is 21.1 Å². The van der Waals surface area contributed by atoms with Crippen molar-refractivity contribution in [2.24, 2.45) is 0 Å². The molecule has 0 aliphatic carbocycles. The van der Waals surface area contributed by atoms with Crippen molar-refractivity contribution >= 4 is 11.6 Å². The highest BCUT2D eigenvalue weighted by Gasteiger charge is 2.54. The fourth-order valence-corrected chi connectivity index (χ4v) is 3.85. The van der Waals surface area contributed by atoms with Crippen LogP contribution in [0, 0.1) is 0 Å². The van der Waals surface area contributed by atoms with Gasteiger partial charge in [-0.15, -0.1) is 0 Å². The van der Waals surface area contributed by atoms with Crippen LogP contribution >= 0.6 is 11.6 Å². The van der Waals surface area contributed by atoms with E-state index in [-0.39, 0.29) is 0 Å². The van der Waals surface area contributed by atoms with Gasteiger partial charge in [-0.1, -0.05) is 48.9 Å². The number of ether oxygens (including phenoxy) is 2. The first-order valence-electron chi connectivity index (χ1n) is 9.46. The lowest BCUT2D eigenvalue weighted by molar-refractivity contribution is -0.360. The average molecular weight is 407 g/mol. The van der Waals surface area contributed by atoms with Crippen LogP contribution in [0.25, 0.3) is 0 Å². The third-order valence-electron chi connectivity index (χ3n) is 5.48. The highest BCUT2D eigenvalue weighted by atomic mass is 35.5. The number of aliphatic hydroxyl groups excluding tert-OH is 3. The maximum Gasteiger partial charge on any atom is 0.224 e. The standard InChI is InChI=1S/C22H27ClO5/c1-4-14-5-7-15(8-6-14)11-16-12-17(9-10-18(16)23)22(27-3)21(26)20(25)19(24)13(2)28-22/h5-10,12-13,19-21,24-26H,4,11H2,1-3H3/t13-,19-,20+,21-,22+/m1/s1. The van der Waals surface area contributed by atoms with Gasteiger partial charge in [-0.25, -0.2) is 0 Å². The Labute approximate surface area is 170 Å². The van der Waals surface area contributed by atoms with Crippen molar-refractivity contribution in [2.75, 3.05) is 7.11 Å². The molecule has 6 heteroatoms. The molecule has 1 aliphatic heterocycles. The highest BCUT2D eigenvalue weighted by molar-refractivity contribution is 6.31. The molecule has 3 rings (SSSR count). The molecule has 1 heterocycles. The van der Waals surface area contributed by atoms with Crippen molar-refractivity contribution in [3.63, 3.8) is 0 Å². The summed E-state index contributed by atoms with van der Waals surface area (Å²) in [6.07, 6.45) is -3.20. The summed E-state index contributed by atoms with van der Waals surface area (Å²) < 4.78 is 11.4. The van der Waals surface area contributed by atoms with E-state index in [0.29, 0.717) is 17.0 Å². The monoisotopic (exact) mass is 406 g/mol. The largest absolute Gasteiger partial charge is 0.388 e. The maximum absolute atomic E-state index is 10.6. The maximum atomic E-state index is 10.6. The molecule has 1 aliphatic rings. The second-order valence-corrected chi connectivity index (χ2v) is 7.68. The molecule has 152 valence electrons. The number of halogens is 1. The summed E-state index contributed by atoms with van der Waals surface area (Å²) >= 11 is 6.42. The fraction of sp³-hybridized carbons (Fsp3) is 0.455. The van der Waals surface area contributed by atoms with E-state index in [1.54, 1.807) is 19.1 Å². The first-order valence-corrected chi connectivity index (χ1v) is 9.84. The number of hydrogen-bond donors (Lipinski definition) is 3. The van der Waals surface area contributed by atoms with Gasteiger partial charge in [0.1, 0.15) is 18.3 Å². The van der Waals surface area contributed by atoms with Gasteiger partial charge in [0.2, 0.25) is 5.79 Å². The molecule has 1 saturated heterocycles. The van der Waals surface area contributed by atoms with Crippen LogP contribution in [-0.2, 0) is 28.1 Å². The number of methoxy groups -OCH3 is 1. The van der Waals surface area contributed by atoms with Crippen molar-refractivity contribution in [3.05, 3.63) is 69.7 Å². The van der Waals surface area contributed by atoms with E-state index in [9.17, 15) is 15.3 Å². The number of hydrogen-bond acceptors (Lipinski definition) is 5. The Bertz CT molecular complexity index is 809. The number of aryl methyl sites for hydroxylation is 1. The average Bonchev–Trinajstić information content (AvgIpc) is 2.71. The van der Waals surface area contributed by atoms with Gasteiger partial charge in [-0.2, -0.15) is 0 Å². The van der Waals surface area contributed by atoms with E-state index in [0.717, 1.165) is 17.5 Å². The van der Waals surface area contributed by atoms with E-state index < -0.39 is 30.2 Å². The Balaban J connectivity index is 1.96. The SMILES string of the molecule is CCc1ccc(Cc2cc([C@]3(OC)O[C@H](C)[C@@H](O)[C@H](O)[C@H]3O)ccc2Cl)cc1. The van der Waals surface area contributed by atoms with Crippen LogP contribution < -0.4 is 0 Å². The van der Waals surface area contributed by atoms with Crippen LogP contribution in [0.4, 0.5) is 0 Å². The molecular formula is C22H27ClO5. The minimum atomic E-state index is -1.59. The quantitative estimate of drug-likeness (QED) is 0.711. The summed E-state index contributed by atoms with van der Waals surface area (Å²) in [5, 5.41) is 31.5. The highest BCUT2D eigenvalue weighted by Crippen LogP contribution is 2.40. The molecule has 5 atom stereocenters. The number of aliphatic hydroxyl groups is 3. The second kappa shape index (κ2) is 8.49. The van der Waals surface area contributed by atoms with Gasteiger partial charge in [-0.3, -0.25) is 0 Å². The summed E-state index contributed by atoms with van der Waals surface area (Å²) in [7, 11) is 1.40. The van der Waals surface area contributed by atoms with Crippen molar-refractivity contribution in [1.29, 1.82) is 0 Å².